The number of piperidine rings is 1. The third-order valence-electron chi connectivity index (χ3n) is 4.84. The first-order valence-electron chi connectivity index (χ1n) is 8.06. The molecule has 0 aliphatic carbocycles. The molecule has 8 heteroatoms. The van der Waals surface area contributed by atoms with Gasteiger partial charge in [-0.25, -0.2) is 0 Å². The SMILES string of the molecule is CC1(O)CN(S(=O)(=O)N2CCCC(C(=O)N3CCCC3)C2)C1. The minimum absolute atomic E-state index is 0.105. The van der Waals surface area contributed by atoms with E-state index in [2.05, 4.69) is 0 Å². The fourth-order valence-electron chi connectivity index (χ4n) is 3.59. The van der Waals surface area contributed by atoms with E-state index in [1.165, 1.54) is 8.61 Å². The minimum Gasteiger partial charge on any atom is -0.387 e. The Morgan fingerprint density at radius 1 is 1.09 bits per heavy atom. The van der Waals surface area contributed by atoms with Gasteiger partial charge in [0.1, 0.15) is 0 Å². The molecule has 1 amide bonds. The number of carbonyl (C=O) groups is 1. The van der Waals surface area contributed by atoms with E-state index in [1.54, 1.807) is 6.92 Å². The van der Waals surface area contributed by atoms with Crippen LogP contribution in [-0.2, 0) is 15.0 Å². The summed E-state index contributed by atoms with van der Waals surface area (Å²) in [5, 5.41) is 9.74. The van der Waals surface area contributed by atoms with Gasteiger partial charge < -0.3 is 10.0 Å². The summed E-state index contributed by atoms with van der Waals surface area (Å²) in [5.41, 5.74) is -0.923. The highest BCUT2D eigenvalue weighted by Gasteiger charge is 2.47. The van der Waals surface area contributed by atoms with Gasteiger partial charge in [-0.1, -0.05) is 0 Å². The Morgan fingerprint density at radius 3 is 2.32 bits per heavy atom. The van der Waals surface area contributed by atoms with E-state index in [0.717, 1.165) is 32.4 Å². The highest BCUT2D eigenvalue weighted by atomic mass is 32.2. The predicted octanol–water partition coefficient (Wildman–Crippen LogP) is -0.368. The van der Waals surface area contributed by atoms with Crippen LogP contribution in [0.4, 0.5) is 0 Å². The Labute approximate surface area is 132 Å². The highest BCUT2D eigenvalue weighted by molar-refractivity contribution is 7.86. The fourth-order valence-corrected chi connectivity index (χ4v) is 5.53. The van der Waals surface area contributed by atoms with Crippen molar-refractivity contribution in [3.05, 3.63) is 0 Å². The van der Waals surface area contributed by atoms with Crippen LogP contribution in [0.5, 0.6) is 0 Å². The molecule has 0 radical (unpaired) electrons. The molecule has 0 spiro atoms. The first-order valence-corrected chi connectivity index (χ1v) is 9.46. The van der Waals surface area contributed by atoms with Gasteiger partial charge in [-0.3, -0.25) is 4.79 Å². The maximum absolute atomic E-state index is 12.6. The summed E-state index contributed by atoms with van der Waals surface area (Å²) in [7, 11) is -3.55. The molecule has 0 aromatic carbocycles. The van der Waals surface area contributed by atoms with Gasteiger partial charge in [-0.2, -0.15) is 17.0 Å². The van der Waals surface area contributed by atoms with E-state index in [1.807, 2.05) is 4.90 Å². The van der Waals surface area contributed by atoms with Gasteiger partial charge in [-0.15, -0.1) is 0 Å². The van der Waals surface area contributed by atoms with E-state index in [-0.39, 0.29) is 31.5 Å². The molecule has 3 rings (SSSR count). The van der Waals surface area contributed by atoms with Crippen molar-refractivity contribution in [1.29, 1.82) is 0 Å². The number of carbonyl (C=O) groups excluding carboxylic acids is 1. The van der Waals surface area contributed by atoms with Gasteiger partial charge >= 0.3 is 0 Å². The van der Waals surface area contributed by atoms with Gasteiger partial charge in [0.15, 0.2) is 0 Å². The second-order valence-corrected chi connectivity index (χ2v) is 8.93. The lowest BCUT2D eigenvalue weighted by Gasteiger charge is -2.46. The van der Waals surface area contributed by atoms with Crippen molar-refractivity contribution in [3.8, 4) is 0 Å². The van der Waals surface area contributed by atoms with E-state index >= 15 is 0 Å². The van der Waals surface area contributed by atoms with Crippen molar-refractivity contribution >= 4 is 16.1 Å². The van der Waals surface area contributed by atoms with Crippen LogP contribution < -0.4 is 0 Å². The summed E-state index contributed by atoms with van der Waals surface area (Å²) in [4.78, 5) is 14.4. The quantitative estimate of drug-likeness (QED) is 0.765. The zero-order chi connectivity index (χ0) is 16.0. The molecule has 3 heterocycles. The summed E-state index contributed by atoms with van der Waals surface area (Å²) in [6.45, 7) is 4.25. The lowest BCUT2D eigenvalue weighted by Crippen LogP contribution is -2.65. The predicted molar refractivity (Wildman–Crippen MR) is 81.2 cm³/mol. The molecule has 22 heavy (non-hydrogen) atoms. The molecular weight excluding hydrogens is 306 g/mol. The van der Waals surface area contributed by atoms with Gasteiger partial charge in [0.05, 0.1) is 11.5 Å². The van der Waals surface area contributed by atoms with Crippen LogP contribution in [0.2, 0.25) is 0 Å². The van der Waals surface area contributed by atoms with Crippen LogP contribution in [0.15, 0.2) is 0 Å². The molecule has 1 atom stereocenters. The number of amides is 1. The first kappa shape index (κ1) is 16.2. The molecular formula is C14H25N3O4S. The molecule has 3 aliphatic heterocycles. The van der Waals surface area contributed by atoms with E-state index < -0.39 is 15.8 Å². The Hall–Kier alpha value is -0.700. The van der Waals surface area contributed by atoms with Crippen molar-refractivity contribution in [1.82, 2.24) is 13.5 Å². The van der Waals surface area contributed by atoms with Crippen molar-refractivity contribution in [2.45, 2.75) is 38.2 Å². The van der Waals surface area contributed by atoms with Crippen LogP contribution in [0, 0.1) is 5.92 Å². The van der Waals surface area contributed by atoms with E-state index in [0.29, 0.717) is 13.0 Å². The van der Waals surface area contributed by atoms with Crippen LogP contribution in [-0.4, -0.2) is 77.8 Å². The van der Waals surface area contributed by atoms with Crippen LogP contribution in [0.25, 0.3) is 0 Å². The number of hydrogen-bond donors (Lipinski definition) is 1. The molecule has 3 saturated heterocycles. The van der Waals surface area contributed by atoms with Crippen molar-refractivity contribution in [2.24, 2.45) is 5.92 Å². The lowest BCUT2D eigenvalue weighted by molar-refractivity contribution is -0.135. The molecule has 3 fully saturated rings. The average Bonchev–Trinajstić information content (AvgIpc) is 2.98. The van der Waals surface area contributed by atoms with Gasteiger partial charge in [0.25, 0.3) is 10.2 Å². The topological polar surface area (TPSA) is 81.2 Å². The van der Waals surface area contributed by atoms with E-state index in [9.17, 15) is 18.3 Å². The molecule has 1 unspecified atom stereocenters. The van der Waals surface area contributed by atoms with Crippen LogP contribution in [0.3, 0.4) is 0 Å². The molecule has 3 aliphatic rings. The van der Waals surface area contributed by atoms with E-state index in [4.69, 9.17) is 0 Å². The summed E-state index contributed by atoms with van der Waals surface area (Å²) in [6, 6.07) is 0. The van der Waals surface area contributed by atoms with Crippen molar-refractivity contribution < 1.29 is 18.3 Å². The molecule has 0 bridgehead atoms. The normalized spacial score (nSPS) is 30.3. The van der Waals surface area contributed by atoms with Gasteiger partial charge in [-0.05, 0) is 32.6 Å². The Balaban J connectivity index is 1.64. The zero-order valence-electron chi connectivity index (χ0n) is 13.1. The molecule has 7 nitrogen and oxygen atoms in total. The number of nitrogens with zero attached hydrogens (tertiary/aromatic N) is 3. The number of β-amino-alcohol motifs (C(OH)–C–C–N with tert-alkyl or cyclic N) is 1. The second-order valence-electron chi connectivity index (χ2n) is 7.00. The van der Waals surface area contributed by atoms with Crippen molar-refractivity contribution in [3.63, 3.8) is 0 Å². The number of hydrogen-bond acceptors (Lipinski definition) is 4. The highest BCUT2D eigenvalue weighted by Crippen LogP contribution is 2.29. The summed E-state index contributed by atoms with van der Waals surface area (Å²) in [6.07, 6.45) is 3.57. The summed E-state index contributed by atoms with van der Waals surface area (Å²) < 4.78 is 27.8. The maximum Gasteiger partial charge on any atom is 0.282 e. The van der Waals surface area contributed by atoms with Crippen molar-refractivity contribution in [2.75, 3.05) is 39.3 Å². The van der Waals surface area contributed by atoms with Crippen LogP contribution >= 0.6 is 0 Å². The molecule has 126 valence electrons. The smallest absolute Gasteiger partial charge is 0.282 e. The third-order valence-corrected chi connectivity index (χ3v) is 6.73. The number of likely N-dealkylation sites (tertiary alicyclic amines) is 1. The molecule has 0 saturated carbocycles. The second kappa shape index (κ2) is 5.74. The lowest BCUT2D eigenvalue weighted by atomic mass is 9.98. The minimum atomic E-state index is -3.55. The number of rotatable bonds is 3. The van der Waals surface area contributed by atoms with Gasteiger partial charge in [0.2, 0.25) is 5.91 Å². The van der Waals surface area contributed by atoms with Crippen LogP contribution in [0.1, 0.15) is 32.6 Å². The number of aliphatic hydroxyl groups is 1. The average molecular weight is 331 g/mol. The fraction of sp³-hybridized carbons (Fsp3) is 0.929. The summed E-state index contributed by atoms with van der Waals surface area (Å²) in [5.74, 6) is -0.114. The molecule has 0 aromatic heterocycles. The summed E-state index contributed by atoms with van der Waals surface area (Å²) >= 11 is 0. The first-order chi connectivity index (χ1) is 10.3. The molecule has 1 N–H and O–H groups in total. The molecule has 0 aromatic rings. The third kappa shape index (κ3) is 3.02. The maximum atomic E-state index is 12.6. The monoisotopic (exact) mass is 331 g/mol. The Bertz CT molecular complexity index is 534. The zero-order valence-corrected chi connectivity index (χ0v) is 13.9. The largest absolute Gasteiger partial charge is 0.387 e. The Morgan fingerprint density at radius 2 is 1.73 bits per heavy atom. The standard InChI is InChI=1S/C14H25N3O4S/c1-14(19)10-17(11-14)22(20,21)16-8-4-5-12(9-16)13(18)15-6-2-3-7-15/h12,19H,2-11H2,1H3. The Kier molecular flexibility index (Phi) is 4.22. The van der Waals surface area contributed by atoms with Gasteiger partial charge in [0, 0.05) is 39.3 Å².